The lowest BCUT2D eigenvalue weighted by Crippen LogP contribution is -2.28. The van der Waals surface area contributed by atoms with Crippen LogP contribution in [0.25, 0.3) is 0 Å². The fraction of sp³-hybridized carbons (Fsp3) is 0.350. The Balaban J connectivity index is 1.87. The molecule has 0 fully saturated rings. The smallest absolute Gasteiger partial charge is 0.221 e. The Morgan fingerprint density at radius 2 is 1.96 bits per heavy atom. The second-order valence-electron chi connectivity index (χ2n) is 5.67. The van der Waals surface area contributed by atoms with E-state index in [-0.39, 0.29) is 11.9 Å². The van der Waals surface area contributed by atoms with E-state index in [4.69, 9.17) is 4.74 Å². The van der Waals surface area contributed by atoms with E-state index in [9.17, 15) is 4.79 Å². The van der Waals surface area contributed by atoms with Crippen molar-refractivity contribution in [2.45, 2.75) is 37.6 Å². The van der Waals surface area contributed by atoms with Gasteiger partial charge in [-0.3, -0.25) is 4.79 Å². The van der Waals surface area contributed by atoms with Gasteiger partial charge in [0.15, 0.2) is 0 Å². The summed E-state index contributed by atoms with van der Waals surface area (Å²) in [6, 6.07) is 16.3. The summed E-state index contributed by atoms with van der Waals surface area (Å²) in [5.74, 6) is 1.76. The van der Waals surface area contributed by atoms with E-state index >= 15 is 0 Å². The number of carbonyl (C=O) groups excluding carboxylic acids is 1. The Labute approximate surface area is 148 Å². The van der Waals surface area contributed by atoms with Gasteiger partial charge < -0.3 is 10.1 Å². The zero-order valence-corrected chi connectivity index (χ0v) is 15.4. The van der Waals surface area contributed by atoms with Crippen LogP contribution in [0.4, 0.5) is 0 Å². The molecule has 0 saturated carbocycles. The molecule has 3 nitrogen and oxygen atoms in total. The number of rotatable bonds is 8. The third-order valence-electron chi connectivity index (χ3n) is 3.91. The van der Waals surface area contributed by atoms with E-state index in [1.54, 1.807) is 18.9 Å². The molecule has 24 heavy (non-hydrogen) atoms. The number of hydrogen-bond donors (Lipinski definition) is 1. The predicted octanol–water partition coefficient (Wildman–Crippen LogP) is 4.75. The summed E-state index contributed by atoms with van der Waals surface area (Å²) < 4.78 is 5.30. The maximum Gasteiger partial charge on any atom is 0.221 e. The average Bonchev–Trinajstić information content (AvgIpc) is 2.60. The molecule has 0 aromatic heterocycles. The summed E-state index contributed by atoms with van der Waals surface area (Å²) in [5, 5.41) is 3.14. The number of thioether (sulfide) groups is 1. The first-order valence-corrected chi connectivity index (χ1v) is 9.24. The molecule has 1 N–H and O–H groups in total. The van der Waals surface area contributed by atoms with Gasteiger partial charge in [-0.15, -0.1) is 11.8 Å². The fourth-order valence-corrected chi connectivity index (χ4v) is 3.46. The summed E-state index contributed by atoms with van der Waals surface area (Å²) >= 11 is 1.71. The summed E-state index contributed by atoms with van der Waals surface area (Å²) in [6.45, 7) is 4.11. The van der Waals surface area contributed by atoms with Gasteiger partial charge in [0, 0.05) is 17.1 Å². The topological polar surface area (TPSA) is 38.3 Å². The highest BCUT2D eigenvalue weighted by atomic mass is 32.2. The van der Waals surface area contributed by atoms with Crippen LogP contribution in [0.5, 0.6) is 5.75 Å². The predicted molar refractivity (Wildman–Crippen MR) is 101 cm³/mol. The van der Waals surface area contributed by atoms with Crippen LogP contribution in [0.2, 0.25) is 0 Å². The molecular formula is C20H25NO2S. The molecular weight excluding hydrogens is 318 g/mol. The second-order valence-corrected chi connectivity index (χ2v) is 6.84. The Morgan fingerprint density at radius 1 is 1.21 bits per heavy atom. The van der Waals surface area contributed by atoms with Gasteiger partial charge in [0.05, 0.1) is 13.2 Å². The van der Waals surface area contributed by atoms with E-state index in [0.717, 1.165) is 29.1 Å². The van der Waals surface area contributed by atoms with E-state index in [1.165, 1.54) is 4.90 Å². The van der Waals surface area contributed by atoms with Crippen LogP contribution in [-0.4, -0.2) is 18.8 Å². The van der Waals surface area contributed by atoms with Gasteiger partial charge in [-0.25, -0.2) is 0 Å². The number of benzene rings is 2. The minimum Gasteiger partial charge on any atom is -0.496 e. The number of methoxy groups -OCH3 is 1. The van der Waals surface area contributed by atoms with Crippen LogP contribution >= 0.6 is 11.8 Å². The molecule has 128 valence electrons. The molecule has 0 bridgehead atoms. The summed E-state index contributed by atoms with van der Waals surface area (Å²) in [5.41, 5.74) is 2.21. The molecule has 2 aromatic rings. The first kappa shape index (κ1) is 18.4. The molecule has 4 heteroatoms. The number of aryl methyl sites for hydroxylation is 1. The zero-order chi connectivity index (χ0) is 17.4. The van der Waals surface area contributed by atoms with Gasteiger partial charge in [0.25, 0.3) is 0 Å². The van der Waals surface area contributed by atoms with Gasteiger partial charge in [0.2, 0.25) is 5.91 Å². The molecule has 0 aliphatic heterocycles. The Morgan fingerprint density at radius 3 is 2.58 bits per heavy atom. The molecule has 0 radical (unpaired) electrons. The van der Waals surface area contributed by atoms with E-state index in [0.29, 0.717) is 6.42 Å². The van der Waals surface area contributed by atoms with E-state index in [2.05, 4.69) is 30.4 Å². The third-order valence-corrected chi connectivity index (χ3v) is 4.92. The fourth-order valence-electron chi connectivity index (χ4n) is 2.58. The molecule has 2 aromatic carbocycles. The molecule has 0 spiro atoms. The highest BCUT2D eigenvalue weighted by Gasteiger charge is 2.14. The Kier molecular flexibility index (Phi) is 7.19. The molecule has 0 heterocycles. The normalized spacial score (nSPS) is 11.8. The first-order chi connectivity index (χ1) is 11.6. The number of nitrogens with one attached hydrogen (secondary N) is 1. The largest absolute Gasteiger partial charge is 0.496 e. The van der Waals surface area contributed by atoms with Crippen LogP contribution in [0, 0.1) is 6.92 Å². The monoisotopic (exact) mass is 343 g/mol. The molecule has 0 aliphatic carbocycles. The minimum absolute atomic E-state index is 0.0452. The van der Waals surface area contributed by atoms with Crippen LogP contribution in [-0.2, 0) is 4.79 Å². The summed E-state index contributed by atoms with van der Waals surface area (Å²) in [7, 11) is 1.67. The second kappa shape index (κ2) is 9.38. The molecule has 1 amide bonds. The Bertz CT molecular complexity index is 658. The lowest BCUT2D eigenvalue weighted by Gasteiger charge is -2.19. The highest BCUT2D eigenvalue weighted by Crippen LogP contribution is 2.24. The number of amides is 1. The van der Waals surface area contributed by atoms with Crippen molar-refractivity contribution in [1.82, 2.24) is 5.32 Å². The van der Waals surface area contributed by atoms with Crippen molar-refractivity contribution in [2.75, 3.05) is 12.9 Å². The van der Waals surface area contributed by atoms with Crippen molar-refractivity contribution in [3.05, 3.63) is 59.7 Å². The average molecular weight is 343 g/mol. The standard InChI is InChI=1S/C20H25NO2S/c1-4-18(16-10-11-19(23-3)15(2)14-16)21-20(22)12-13-24-17-8-6-5-7-9-17/h5-11,14,18H,4,12-13H2,1-3H3,(H,21,22)/t18-/m0/s1. The summed E-state index contributed by atoms with van der Waals surface area (Å²) in [6.07, 6.45) is 1.38. The van der Waals surface area contributed by atoms with Crippen molar-refractivity contribution in [2.24, 2.45) is 0 Å². The lowest BCUT2D eigenvalue weighted by molar-refractivity contribution is -0.121. The molecule has 0 aliphatic rings. The van der Waals surface area contributed by atoms with Crippen molar-refractivity contribution in [3.63, 3.8) is 0 Å². The van der Waals surface area contributed by atoms with Crippen molar-refractivity contribution < 1.29 is 9.53 Å². The molecule has 2 rings (SSSR count). The number of ether oxygens (including phenoxy) is 1. The summed E-state index contributed by atoms with van der Waals surface area (Å²) in [4.78, 5) is 13.4. The van der Waals surface area contributed by atoms with Crippen LogP contribution in [0.1, 0.15) is 36.9 Å². The number of hydrogen-bond acceptors (Lipinski definition) is 3. The maximum atomic E-state index is 12.2. The van der Waals surface area contributed by atoms with Crippen LogP contribution < -0.4 is 10.1 Å². The number of carbonyl (C=O) groups is 1. The van der Waals surface area contributed by atoms with Gasteiger partial charge in [-0.05, 0) is 42.7 Å². The molecule has 0 saturated heterocycles. The Hall–Kier alpha value is -1.94. The van der Waals surface area contributed by atoms with Crippen LogP contribution in [0.15, 0.2) is 53.4 Å². The maximum absolute atomic E-state index is 12.2. The van der Waals surface area contributed by atoms with E-state index in [1.807, 2.05) is 37.3 Å². The highest BCUT2D eigenvalue weighted by molar-refractivity contribution is 7.99. The molecule has 0 unspecified atom stereocenters. The van der Waals surface area contributed by atoms with E-state index < -0.39 is 0 Å². The van der Waals surface area contributed by atoms with Crippen molar-refractivity contribution in [3.8, 4) is 5.75 Å². The minimum atomic E-state index is 0.0452. The lowest BCUT2D eigenvalue weighted by atomic mass is 10.0. The zero-order valence-electron chi connectivity index (χ0n) is 14.5. The van der Waals surface area contributed by atoms with Crippen molar-refractivity contribution >= 4 is 17.7 Å². The van der Waals surface area contributed by atoms with Crippen LogP contribution in [0.3, 0.4) is 0 Å². The molecule has 1 atom stereocenters. The quantitative estimate of drug-likeness (QED) is 0.703. The van der Waals surface area contributed by atoms with Gasteiger partial charge in [0.1, 0.15) is 5.75 Å². The van der Waals surface area contributed by atoms with Gasteiger partial charge >= 0.3 is 0 Å². The first-order valence-electron chi connectivity index (χ1n) is 8.25. The van der Waals surface area contributed by atoms with Gasteiger partial charge in [-0.1, -0.05) is 37.3 Å². The van der Waals surface area contributed by atoms with Gasteiger partial charge in [-0.2, -0.15) is 0 Å². The third kappa shape index (κ3) is 5.31. The SMILES string of the molecule is CC[C@H](NC(=O)CCSc1ccccc1)c1ccc(OC)c(C)c1. The van der Waals surface area contributed by atoms with Crippen molar-refractivity contribution in [1.29, 1.82) is 0 Å².